The summed E-state index contributed by atoms with van der Waals surface area (Å²) in [5, 5.41) is 0. The number of ketones is 1. The minimum atomic E-state index is -1.05. The first-order chi connectivity index (χ1) is 19.7. The highest BCUT2D eigenvalue weighted by molar-refractivity contribution is 6.36. The maximum Gasteiger partial charge on any atom is 0.342 e. The number of ether oxygens (including phenoxy) is 2. The van der Waals surface area contributed by atoms with E-state index in [1.807, 2.05) is 48.5 Å². The summed E-state index contributed by atoms with van der Waals surface area (Å²) in [5.41, 5.74) is 0.306. The minimum absolute atomic E-state index is 0.0704. The average Bonchev–Trinajstić information content (AvgIpc) is 2.95. The first-order valence-corrected chi connectivity index (χ1v) is 14.5. The fourth-order valence-electron chi connectivity index (χ4n) is 4.42. The van der Waals surface area contributed by atoms with Crippen LogP contribution in [0, 0.1) is 11.3 Å². The number of rotatable bonds is 12. The molecule has 9 nitrogen and oxygen atoms in total. The average molecular weight is 579 g/mol. The van der Waals surface area contributed by atoms with Crippen LogP contribution < -0.4 is 9.80 Å². The van der Waals surface area contributed by atoms with Crippen molar-refractivity contribution in [1.82, 2.24) is 0 Å². The van der Waals surface area contributed by atoms with E-state index in [0.29, 0.717) is 12.0 Å². The van der Waals surface area contributed by atoms with Gasteiger partial charge in [0.2, 0.25) is 11.8 Å². The number of amides is 4. The molecule has 1 aliphatic rings. The predicted molar refractivity (Wildman–Crippen MR) is 161 cm³/mol. The summed E-state index contributed by atoms with van der Waals surface area (Å²) in [5.74, 6) is -2.88. The van der Waals surface area contributed by atoms with Gasteiger partial charge in [0.05, 0.1) is 29.1 Å². The molecule has 0 saturated carbocycles. The number of carbonyl (C=O) groups excluding carboxylic acids is 5. The third-order valence-electron chi connectivity index (χ3n) is 7.36. The molecule has 1 unspecified atom stereocenters. The lowest BCUT2D eigenvalue weighted by molar-refractivity contribution is -0.133. The van der Waals surface area contributed by atoms with Crippen molar-refractivity contribution in [3.63, 3.8) is 0 Å². The lowest BCUT2D eigenvalue weighted by atomic mass is 9.86. The second kappa shape index (κ2) is 13.4. The molecule has 1 fully saturated rings. The molecule has 0 aliphatic carbocycles. The third-order valence-corrected chi connectivity index (χ3v) is 7.36. The van der Waals surface area contributed by atoms with E-state index in [9.17, 15) is 24.0 Å². The van der Waals surface area contributed by atoms with Crippen LogP contribution in [0.1, 0.15) is 94.9 Å². The molecule has 0 spiro atoms. The number of hydrogen-bond donors (Lipinski definition) is 0. The van der Waals surface area contributed by atoms with Gasteiger partial charge in [-0.05, 0) is 75.2 Å². The highest BCUT2D eigenvalue weighted by Crippen LogP contribution is 2.32. The maximum atomic E-state index is 13.7. The van der Waals surface area contributed by atoms with Crippen molar-refractivity contribution in [3.05, 3.63) is 59.7 Å². The van der Waals surface area contributed by atoms with Crippen LogP contribution in [-0.2, 0) is 19.1 Å². The van der Waals surface area contributed by atoms with Gasteiger partial charge in [-0.2, -0.15) is 0 Å². The van der Waals surface area contributed by atoms with Gasteiger partial charge in [-0.25, -0.2) is 19.4 Å². The van der Waals surface area contributed by atoms with Gasteiger partial charge in [-0.3, -0.25) is 14.4 Å². The second-order valence-corrected chi connectivity index (χ2v) is 12.1. The number of esters is 1. The zero-order valence-corrected chi connectivity index (χ0v) is 25.7. The number of anilines is 2. The molecule has 226 valence electrons. The smallest absolute Gasteiger partial charge is 0.342 e. The van der Waals surface area contributed by atoms with E-state index in [1.54, 1.807) is 24.3 Å². The molecule has 2 aromatic carbocycles. The highest BCUT2D eigenvalue weighted by Gasteiger charge is 2.46. The molecular weight excluding hydrogens is 536 g/mol. The van der Waals surface area contributed by atoms with Crippen LogP contribution >= 0.6 is 0 Å². The van der Waals surface area contributed by atoms with Gasteiger partial charge < -0.3 is 9.47 Å². The van der Waals surface area contributed by atoms with Crippen LogP contribution in [0.4, 0.5) is 16.2 Å². The number of benzene rings is 2. The third kappa shape index (κ3) is 7.50. The van der Waals surface area contributed by atoms with E-state index in [-0.39, 0.29) is 48.0 Å². The molecule has 9 heteroatoms. The monoisotopic (exact) mass is 578 g/mol. The molecule has 0 aromatic heterocycles. The molecule has 0 radical (unpaired) electrons. The Morgan fingerprint density at radius 3 is 1.71 bits per heavy atom. The fraction of sp³-hybridized carbons (Fsp3) is 0.485. The zero-order chi connectivity index (χ0) is 31.2. The SMILES string of the molecule is CCCCC1C(=O)N(c2ccc(C(=O)OCCOC(C)(C)CC)cc2)C(=O)N(c2ccc(C(=O)C(C)(C)C)cc2)C1=O. The molecule has 1 aliphatic heterocycles. The van der Waals surface area contributed by atoms with Crippen molar-refractivity contribution < 1.29 is 33.4 Å². The van der Waals surface area contributed by atoms with Crippen molar-refractivity contribution in [3.8, 4) is 0 Å². The van der Waals surface area contributed by atoms with Gasteiger partial charge in [0.25, 0.3) is 0 Å². The fourth-order valence-corrected chi connectivity index (χ4v) is 4.42. The number of hydrogen-bond acceptors (Lipinski definition) is 7. The van der Waals surface area contributed by atoms with Gasteiger partial charge in [-0.15, -0.1) is 0 Å². The lowest BCUT2D eigenvalue weighted by Crippen LogP contribution is -2.60. The molecule has 3 rings (SSSR count). The van der Waals surface area contributed by atoms with Crippen molar-refractivity contribution in [2.75, 3.05) is 23.0 Å². The number of nitrogens with zero attached hydrogens (tertiary/aromatic N) is 2. The second-order valence-electron chi connectivity index (χ2n) is 12.1. The van der Waals surface area contributed by atoms with E-state index in [2.05, 4.69) is 0 Å². The van der Waals surface area contributed by atoms with Gasteiger partial charge in [0, 0.05) is 11.0 Å². The lowest BCUT2D eigenvalue weighted by Gasteiger charge is -2.37. The summed E-state index contributed by atoms with van der Waals surface area (Å²) in [6.45, 7) is 13.7. The van der Waals surface area contributed by atoms with Crippen molar-refractivity contribution >= 4 is 41.0 Å². The summed E-state index contributed by atoms with van der Waals surface area (Å²) in [7, 11) is 0. The Labute approximate surface area is 248 Å². The van der Waals surface area contributed by atoms with Gasteiger partial charge >= 0.3 is 12.0 Å². The number of carbonyl (C=O) groups is 5. The molecule has 0 N–H and O–H groups in total. The Kier molecular flexibility index (Phi) is 10.4. The van der Waals surface area contributed by atoms with Gasteiger partial charge in [0.15, 0.2) is 5.78 Å². The molecular formula is C33H42N2O7. The van der Waals surface area contributed by atoms with Crippen molar-refractivity contribution in [2.24, 2.45) is 11.3 Å². The largest absolute Gasteiger partial charge is 0.460 e. The summed E-state index contributed by atoms with van der Waals surface area (Å²) < 4.78 is 11.0. The predicted octanol–water partition coefficient (Wildman–Crippen LogP) is 6.58. The van der Waals surface area contributed by atoms with Crippen LogP contribution in [0.5, 0.6) is 0 Å². The Hall–Kier alpha value is -3.85. The molecule has 2 aromatic rings. The summed E-state index contributed by atoms with van der Waals surface area (Å²) in [6, 6.07) is 11.4. The van der Waals surface area contributed by atoms with E-state index < -0.39 is 35.1 Å². The van der Waals surface area contributed by atoms with Crippen LogP contribution in [0.2, 0.25) is 0 Å². The Balaban J connectivity index is 1.84. The van der Waals surface area contributed by atoms with Crippen LogP contribution in [0.25, 0.3) is 0 Å². The van der Waals surface area contributed by atoms with E-state index in [1.165, 1.54) is 24.3 Å². The molecule has 42 heavy (non-hydrogen) atoms. The van der Waals surface area contributed by atoms with Crippen molar-refractivity contribution in [2.45, 2.75) is 79.8 Å². The molecule has 4 amide bonds. The quantitative estimate of drug-likeness (QED) is 0.121. The Morgan fingerprint density at radius 1 is 0.762 bits per heavy atom. The molecule has 1 saturated heterocycles. The Bertz CT molecular complexity index is 1310. The Morgan fingerprint density at radius 2 is 1.26 bits per heavy atom. The summed E-state index contributed by atoms with van der Waals surface area (Å²) in [4.78, 5) is 67.9. The standard InChI is InChI=1S/C33H42N2O7/c1-8-10-11-26-28(37)34(24-16-12-22(13-17-24)27(36)32(3,4)5)31(40)35(29(26)38)25-18-14-23(15-19-25)30(39)41-20-21-42-33(6,7)9-2/h12-19,26H,8-11,20-21H2,1-7H3. The van der Waals surface area contributed by atoms with Gasteiger partial charge in [0.1, 0.15) is 12.5 Å². The molecule has 1 heterocycles. The van der Waals surface area contributed by atoms with Crippen molar-refractivity contribution in [1.29, 1.82) is 0 Å². The van der Waals surface area contributed by atoms with E-state index >= 15 is 0 Å². The number of Topliss-reactive ketones (excluding diaryl/α,β-unsaturated/α-hetero) is 1. The maximum absolute atomic E-state index is 13.7. The summed E-state index contributed by atoms with van der Waals surface area (Å²) >= 11 is 0. The minimum Gasteiger partial charge on any atom is -0.460 e. The zero-order valence-electron chi connectivity index (χ0n) is 25.7. The number of barbiturate groups is 1. The van der Waals surface area contributed by atoms with Crippen LogP contribution in [0.3, 0.4) is 0 Å². The topological polar surface area (TPSA) is 110 Å². The van der Waals surface area contributed by atoms with E-state index in [4.69, 9.17) is 9.47 Å². The highest BCUT2D eigenvalue weighted by atomic mass is 16.6. The number of urea groups is 1. The number of unbranched alkanes of at least 4 members (excludes halogenated alkanes) is 1. The van der Waals surface area contributed by atoms with E-state index in [0.717, 1.165) is 22.6 Å². The molecule has 1 atom stereocenters. The first-order valence-electron chi connectivity index (χ1n) is 14.5. The summed E-state index contributed by atoms with van der Waals surface area (Å²) in [6.07, 6.45) is 2.50. The first kappa shape index (κ1) is 32.7. The van der Waals surface area contributed by atoms with Crippen LogP contribution in [0.15, 0.2) is 48.5 Å². The van der Waals surface area contributed by atoms with Crippen LogP contribution in [-0.4, -0.2) is 48.4 Å². The number of imide groups is 2. The molecule has 0 bridgehead atoms. The van der Waals surface area contributed by atoms with Gasteiger partial charge in [-0.1, -0.05) is 47.5 Å². The normalized spacial score (nSPS) is 16.2.